The molecular formula is C13H18N2O4S. The van der Waals surface area contributed by atoms with Crippen LogP contribution in [-0.2, 0) is 22.5 Å². The highest BCUT2D eigenvalue weighted by Gasteiger charge is 2.19. The van der Waals surface area contributed by atoms with Crippen molar-refractivity contribution in [3.63, 3.8) is 0 Å². The monoisotopic (exact) mass is 298 g/mol. The van der Waals surface area contributed by atoms with Gasteiger partial charge in [-0.25, -0.2) is 9.78 Å². The van der Waals surface area contributed by atoms with E-state index in [4.69, 9.17) is 9.84 Å². The Morgan fingerprint density at radius 1 is 1.45 bits per heavy atom. The van der Waals surface area contributed by atoms with Crippen LogP contribution >= 0.6 is 11.3 Å². The molecule has 20 heavy (non-hydrogen) atoms. The minimum absolute atomic E-state index is 0.0317. The number of ether oxygens (including phenoxy) is 1. The zero-order valence-electron chi connectivity index (χ0n) is 11.3. The molecule has 110 valence electrons. The van der Waals surface area contributed by atoms with Crippen LogP contribution in [0.15, 0.2) is 0 Å². The highest BCUT2D eigenvalue weighted by Crippen LogP contribution is 2.21. The first kappa shape index (κ1) is 14.8. The van der Waals surface area contributed by atoms with E-state index in [9.17, 15) is 9.59 Å². The van der Waals surface area contributed by atoms with Gasteiger partial charge in [0.05, 0.1) is 18.7 Å². The van der Waals surface area contributed by atoms with Gasteiger partial charge in [0.15, 0.2) is 0 Å². The molecule has 6 nitrogen and oxygen atoms in total. The zero-order valence-corrected chi connectivity index (χ0v) is 12.2. The van der Waals surface area contributed by atoms with Crippen LogP contribution in [0.5, 0.6) is 0 Å². The Balaban J connectivity index is 1.81. The van der Waals surface area contributed by atoms with E-state index in [2.05, 4.69) is 10.3 Å². The third-order valence-corrected chi connectivity index (χ3v) is 4.37. The lowest BCUT2D eigenvalue weighted by molar-refractivity contribution is -0.136. The number of amides is 1. The van der Waals surface area contributed by atoms with Gasteiger partial charge >= 0.3 is 12.1 Å². The first-order valence-corrected chi connectivity index (χ1v) is 7.47. The quantitative estimate of drug-likeness (QED) is 0.870. The fourth-order valence-electron chi connectivity index (χ4n) is 2.21. The Morgan fingerprint density at radius 3 is 2.80 bits per heavy atom. The molecule has 2 N–H and O–H groups in total. The number of aliphatic carboxylic acids is 1. The maximum atomic E-state index is 11.6. The average Bonchev–Trinajstić information content (AvgIpc) is 2.97. The van der Waals surface area contributed by atoms with Crippen LogP contribution in [-0.4, -0.2) is 28.3 Å². The zero-order chi connectivity index (χ0) is 14.5. The molecule has 1 heterocycles. The molecule has 0 atom stereocenters. The van der Waals surface area contributed by atoms with Crippen molar-refractivity contribution in [1.82, 2.24) is 10.3 Å². The summed E-state index contributed by atoms with van der Waals surface area (Å²) in [6, 6.07) is 0. The largest absolute Gasteiger partial charge is 0.481 e. The van der Waals surface area contributed by atoms with E-state index in [1.54, 1.807) is 6.92 Å². The van der Waals surface area contributed by atoms with Gasteiger partial charge in [-0.1, -0.05) is 0 Å². The lowest BCUT2D eigenvalue weighted by Crippen LogP contribution is -2.27. The van der Waals surface area contributed by atoms with E-state index >= 15 is 0 Å². The van der Waals surface area contributed by atoms with Crippen molar-refractivity contribution in [2.75, 3.05) is 0 Å². The topological polar surface area (TPSA) is 88.5 Å². The molecule has 0 radical (unpaired) electrons. The second-order valence-corrected chi connectivity index (χ2v) is 6.02. The Kier molecular flexibility index (Phi) is 4.94. The van der Waals surface area contributed by atoms with Crippen molar-refractivity contribution in [2.24, 2.45) is 0 Å². The smallest absolute Gasteiger partial charge is 0.407 e. The number of rotatable bonds is 5. The number of carboxylic acids is 1. The summed E-state index contributed by atoms with van der Waals surface area (Å²) in [6.45, 7) is 2.05. The highest BCUT2D eigenvalue weighted by molar-refractivity contribution is 7.11. The van der Waals surface area contributed by atoms with Gasteiger partial charge in [0.1, 0.15) is 11.1 Å². The summed E-state index contributed by atoms with van der Waals surface area (Å²) < 4.78 is 5.27. The maximum Gasteiger partial charge on any atom is 0.407 e. The number of aromatic nitrogens is 1. The van der Waals surface area contributed by atoms with Gasteiger partial charge in [-0.15, -0.1) is 11.3 Å². The van der Waals surface area contributed by atoms with Gasteiger partial charge in [-0.3, -0.25) is 4.79 Å². The molecule has 0 aliphatic heterocycles. The van der Waals surface area contributed by atoms with Crippen LogP contribution in [0, 0.1) is 6.92 Å². The predicted molar refractivity (Wildman–Crippen MR) is 73.8 cm³/mol. The minimum Gasteiger partial charge on any atom is -0.481 e. The van der Waals surface area contributed by atoms with Gasteiger partial charge < -0.3 is 15.2 Å². The van der Waals surface area contributed by atoms with E-state index in [0.717, 1.165) is 30.6 Å². The molecule has 0 bridgehead atoms. The van der Waals surface area contributed by atoms with Crippen molar-refractivity contribution in [3.8, 4) is 0 Å². The van der Waals surface area contributed by atoms with Gasteiger partial charge in [-0.2, -0.15) is 0 Å². The Hall–Kier alpha value is -1.63. The number of alkyl carbamates (subject to hydrolysis) is 1. The number of hydrogen-bond acceptors (Lipinski definition) is 5. The molecule has 1 aromatic heterocycles. The molecule has 1 aliphatic carbocycles. The number of carbonyl (C=O) groups excluding carboxylic acids is 1. The number of aryl methyl sites for hydroxylation is 1. The van der Waals surface area contributed by atoms with E-state index in [1.807, 2.05) is 0 Å². The molecule has 1 aromatic rings. The number of thiazole rings is 1. The van der Waals surface area contributed by atoms with E-state index in [1.165, 1.54) is 11.3 Å². The van der Waals surface area contributed by atoms with Crippen molar-refractivity contribution < 1.29 is 19.4 Å². The second kappa shape index (κ2) is 6.69. The lowest BCUT2D eigenvalue weighted by Gasteiger charge is -2.11. The lowest BCUT2D eigenvalue weighted by atomic mass is 10.3. The molecule has 0 unspecified atom stereocenters. The minimum atomic E-state index is -0.878. The number of carboxylic acid groups (broad SMARTS) is 1. The van der Waals surface area contributed by atoms with Crippen molar-refractivity contribution in [2.45, 2.75) is 51.7 Å². The normalized spacial score (nSPS) is 15.2. The first-order chi connectivity index (χ1) is 9.54. The average molecular weight is 298 g/mol. The number of nitrogens with one attached hydrogen (secondary N) is 1. The molecule has 7 heteroatoms. The second-order valence-electron chi connectivity index (χ2n) is 4.85. The van der Waals surface area contributed by atoms with Crippen molar-refractivity contribution in [1.29, 1.82) is 0 Å². The summed E-state index contributed by atoms with van der Waals surface area (Å²) in [5.41, 5.74) is 0.707. The first-order valence-electron chi connectivity index (χ1n) is 6.66. The summed E-state index contributed by atoms with van der Waals surface area (Å²) >= 11 is 1.31. The third-order valence-electron chi connectivity index (χ3n) is 3.21. The van der Waals surface area contributed by atoms with Crippen LogP contribution in [0.25, 0.3) is 0 Å². The van der Waals surface area contributed by atoms with E-state index in [-0.39, 0.29) is 19.1 Å². The summed E-state index contributed by atoms with van der Waals surface area (Å²) in [5.74, 6) is -0.878. The fourth-order valence-corrected chi connectivity index (χ4v) is 3.21. The molecule has 1 fully saturated rings. The summed E-state index contributed by atoms with van der Waals surface area (Å²) in [5, 5.41) is 12.1. The Morgan fingerprint density at radius 2 is 2.15 bits per heavy atom. The fraction of sp³-hybridized carbons (Fsp3) is 0.615. The maximum absolute atomic E-state index is 11.6. The van der Waals surface area contributed by atoms with Crippen LogP contribution in [0.2, 0.25) is 0 Å². The summed E-state index contributed by atoms with van der Waals surface area (Å²) in [6.07, 6.45) is 3.68. The molecule has 0 aromatic carbocycles. The SMILES string of the molecule is Cc1nc(CNC(=O)OC2CCCC2)sc1CC(=O)O. The van der Waals surface area contributed by atoms with Crippen LogP contribution in [0.1, 0.15) is 41.3 Å². The van der Waals surface area contributed by atoms with Crippen LogP contribution < -0.4 is 5.32 Å². The summed E-state index contributed by atoms with van der Waals surface area (Å²) in [7, 11) is 0. The van der Waals surface area contributed by atoms with Gasteiger partial charge in [0.25, 0.3) is 0 Å². The number of carbonyl (C=O) groups is 2. The standard InChI is InChI=1S/C13H18N2O4S/c1-8-10(6-12(16)17)20-11(15-8)7-14-13(18)19-9-4-2-3-5-9/h9H,2-7H2,1H3,(H,14,18)(H,16,17). The van der Waals surface area contributed by atoms with Gasteiger partial charge in [0, 0.05) is 4.88 Å². The molecule has 2 rings (SSSR count). The molecular weight excluding hydrogens is 280 g/mol. The summed E-state index contributed by atoms with van der Waals surface area (Å²) in [4.78, 5) is 27.2. The number of hydrogen-bond donors (Lipinski definition) is 2. The van der Waals surface area contributed by atoms with Crippen LogP contribution in [0.3, 0.4) is 0 Å². The van der Waals surface area contributed by atoms with E-state index in [0.29, 0.717) is 10.7 Å². The molecule has 0 spiro atoms. The molecule has 1 saturated carbocycles. The van der Waals surface area contributed by atoms with Crippen LogP contribution in [0.4, 0.5) is 4.79 Å². The van der Waals surface area contributed by atoms with E-state index < -0.39 is 12.1 Å². The number of nitrogens with zero attached hydrogens (tertiary/aromatic N) is 1. The Bertz CT molecular complexity index is 495. The van der Waals surface area contributed by atoms with Gasteiger partial charge in [0.2, 0.25) is 0 Å². The molecule has 1 aliphatic rings. The predicted octanol–water partition coefficient (Wildman–Crippen LogP) is 2.25. The Labute approximate surface area is 121 Å². The third kappa shape index (κ3) is 4.19. The highest BCUT2D eigenvalue weighted by atomic mass is 32.1. The molecule has 1 amide bonds. The van der Waals surface area contributed by atoms with Gasteiger partial charge in [-0.05, 0) is 32.6 Å². The van der Waals surface area contributed by atoms with Crippen molar-refractivity contribution >= 4 is 23.4 Å². The van der Waals surface area contributed by atoms with Crippen molar-refractivity contribution in [3.05, 3.63) is 15.6 Å². The molecule has 0 saturated heterocycles.